The second-order valence-electron chi connectivity index (χ2n) is 11.3. The van der Waals surface area contributed by atoms with E-state index in [4.69, 9.17) is 23.7 Å². The molecule has 3 N–H and O–H groups in total. The predicted octanol–water partition coefficient (Wildman–Crippen LogP) is 0.506. The number of amides is 2. The van der Waals surface area contributed by atoms with Crippen LogP contribution < -0.4 is 10.6 Å². The maximum absolute atomic E-state index is 13.1. The molecule has 50 heavy (non-hydrogen) atoms. The first-order valence-electron chi connectivity index (χ1n) is 15.5. The van der Waals surface area contributed by atoms with Crippen molar-refractivity contribution in [3.05, 3.63) is 60.2 Å². The van der Waals surface area contributed by atoms with Crippen LogP contribution in [0.5, 0.6) is 0 Å². The van der Waals surface area contributed by atoms with Crippen LogP contribution in [0, 0.1) is 0 Å². The highest BCUT2D eigenvalue weighted by molar-refractivity contribution is 5.81. The van der Waals surface area contributed by atoms with Gasteiger partial charge in [0.15, 0.2) is 18.8 Å². The van der Waals surface area contributed by atoms with Gasteiger partial charge < -0.3 is 44.2 Å². The molecule has 0 aliphatic carbocycles. The summed E-state index contributed by atoms with van der Waals surface area (Å²) in [7, 11) is 0.947. The Balaban J connectivity index is 1.94. The van der Waals surface area contributed by atoms with Crippen molar-refractivity contribution in [1.29, 1.82) is 0 Å². The predicted molar refractivity (Wildman–Crippen MR) is 170 cm³/mol. The van der Waals surface area contributed by atoms with E-state index in [1.807, 2.05) is 42.5 Å². The van der Waals surface area contributed by atoms with E-state index in [0.29, 0.717) is 5.56 Å². The summed E-state index contributed by atoms with van der Waals surface area (Å²) >= 11 is 0. The molecule has 16 nitrogen and oxygen atoms in total. The molecule has 1 fully saturated rings. The summed E-state index contributed by atoms with van der Waals surface area (Å²) in [6.07, 6.45) is -7.53. The van der Waals surface area contributed by atoms with Gasteiger partial charge in [0.2, 0.25) is 5.91 Å². The Morgan fingerprint density at radius 3 is 2.02 bits per heavy atom. The summed E-state index contributed by atoms with van der Waals surface area (Å²) < 4.78 is 31.4. The molecular weight excluding hydrogens is 660 g/mol. The van der Waals surface area contributed by atoms with Gasteiger partial charge in [-0.1, -0.05) is 54.6 Å². The second-order valence-corrected chi connectivity index (χ2v) is 11.3. The molecule has 1 heterocycles. The molecule has 1 aliphatic heterocycles. The number of hydrogen-bond acceptors (Lipinski definition) is 14. The molecule has 3 rings (SSSR count). The van der Waals surface area contributed by atoms with Crippen molar-refractivity contribution in [2.24, 2.45) is 0 Å². The van der Waals surface area contributed by atoms with Crippen LogP contribution in [-0.2, 0) is 68.4 Å². The van der Waals surface area contributed by atoms with E-state index in [9.17, 15) is 38.7 Å². The second kappa shape index (κ2) is 17.9. The molecule has 6 atom stereocenters. The molecule has 2 aromatic carbocycles. The van der Waals surface area contributed by atoms with Crippen molar-refractivity contribution in [2.45, 2.75) is 76.8 Å². The number of hydrogen-bond donors (Lipinski definition) is 3. The Morgan fingerprint density at radius 1 is 0.840 bits per heavy atom. The van der Waals surface area contributed by atoms with Crippen LogP contribution in [0.15, 0.2) is 54.6 Å². The first-order valence-corrected chi connectivity index (χ1v) is 15.5. The number of esters is 5. The Hall–Kier alpha value is -5.35. The normalized spacial score (nSPS) is 21.0. The van der Waals surface area contributed by atoms with Gasteiger partial charge in [-0.15, -0.1) is 0 Å². The number of benzene rings is 2. The zero-order valence-corrected chi connectivity index (χ0v) is 28.2. The quantitative estimate of drug-likeness (QED) is 0.181. The van der Waals surface area contributed by atoms with Crippen molar-refractivity contribution < 1.29 is 67.1 Å². The fourth-order valence-electron chi connectivity index (χ4n) is 5.31. The summed E-state index contributed by atoms with van der Waals surface area (Å²) in [6.45, 7) is 2.85. The molecule has 0 spiro atoms. The zero-order valence-electron chi connectivity index (χ0n) is 28.2. The molecule has 270 valence electrons. The summed E-state index contributed by atoms with van der Waals surface area (Å²) in [6, 6.07) is 15.3. The summed E-state index contributed by atoms with van der Waals surface area (Å²) in [5, 5.41) is 16.3. The van der Waals surface area contributed by atoms with Gasteiger partial charge in [-0.3, -0.25) is 28.8 Å². The van der Waals surface area contributed by atoms with E-state index >= 15 is 0 Å². The van der Waals surface area contributed by atoms with Crippen molar-refractivity contribution in [3.8, 4) is 11.1 Å². The Bertz CT molecular complexity index is 1550. The van der Waals surface area contributed by atoms with E-state index in [0.717, 1.165) is 45.9 Å². The summed E-state index contributed by atoms with van der Waals surface area (Å²) in [5.41, 5.74) is 2.58. The van der Waals surface area contributed by atoms with Crippen molar-refractivity contribution in [3.63, 3.8) is 0 Å². The molecule has 1 aliphatic rings. The van der Waals surface area contributed by atoms with Crippen LogP contribution in [-0.4, -0.2) is 103 Å². The minimum atomic E-state index is -2.83. The Kier molecular flexibility index (Phi) is 14.0. The number of carbonyl (C=O) groups excluding carboxylic acids is 7. The van der Waals surface area contributed by atoms with Gasteiger partial charge in [-0.2, -0.15) is 0 Å². The van der Waals surface area contributed by atoms with Gasteiger partial charge in [-0.05, 0) is 16.7 Å². The highest BCUT2D eigenvalue weighted by atomic mass is 16.7. The van der Waals surface area contributed by atoms with Gasteiger partial charge in [0.1, 0.15) is 12.2 Å². The number of carbonyl (C=O) groups is 7. The van der Waals surface area contributed by atoms with E-state index in [1.165, 1.54) is 0 Å². The van der Waals surface area contributed by atoms with Crippen molar-refractivity contribution in [2.75, 3.05) is 20.3 Å². The minimum absolute atomic E-state index is 0.0918. The lowest BCUT2D eigenvalue weighted by Crippen LogP contribution is -2.69. The maximum Gasteiger partial charge on any atom is 0.366 e. The van der Waals surface area contributed by atoms with Crippen molar-refractivity contribution >= 4 is 41.7 Å². The largest absolute Gasteiger partial charge is 0.465 e. The van der Waals surface area contributed by atoms with Gasteiger partial charge in [0, 0.05) is 27.7 Å². The molecule has 0 saturated carbocycles. The molecular formula is C34H40N2O14. The van der Waals surface area contributed by atoms with Crippen LogP contribution in [0.2, 0.25) is 0 Å². The molecule has 0 radical (unpaired) electrons. The lowest BCUT2D eigenvalue weighted by atomic mass is 9.88. The Morgan fingerprint density at radius 2 is 1.46 bits per heavy atom. The standard InChI is InChI=1S/C34H40N2O14/c1-19(37)46-18-29(42)36-30-26(47-20(2)38)16-34(44,33(43)45-5)50-32(30)31(49-22(4)40)27(48-21(3)39)17-35-28(41)15-23-11-13-25(14-12-23)24-9-7-6-8-10-24/h6-14,26-27,30-32,44H,15-18H2,1-5H3,(H,35,41)(H,36,42)/t26-,27+,30+,31+,32+,34+/m0/s1. The average molecular weight is 701 g/mol. The first-order chi connectivity index (χ1) is 23.6. The van der Waals surface area contributed by atoms with E-state index in [-0.39, 0.29) is 6.42 Å². The summed E-state index contributed by atoms with van der Waals surface area (Å²) in [5.74, 6) is -9.14. The fourth-order valence-corrected chi connectivity index (χ4v) is 5.31. The molecule has 0 bridgehead atoms. The van der Waals surface area contributed by atoms with Crippen LogP contribution in [0.1, 0.15) is 39.7 Å². The topological polar surface area (TPSA) is 219 Å². The van der Waals surface area contributed by atoms with Crippen LogP contribution in [0.25, 0.3) is 11.1 Å². The summed E-state index contributed by atoms with van der Waals surface area (Å²) in [4.78, 5) is 86.8. The number of nitrogens with one attached hydrogen (secondary N) is 2. The molecule has 16 heteroatoms. The molecule has 0 unspecified atom stereocenters. The average Bonchev–Trinajstić information content (AvgIpc) is 3.05. The minimum Gasteiger partial charge on any atom is -0.465 e. The van der Waals surface area contributed by atoms with Gasteiger partial charge in [0.25, 0.3) is 11.7 Å². The third kappa shape index (κ3) is 11.4. The maximum atomic E-state index is 13.1. The number of rotatable bonds is 14. The lowest BCUT2D eigenvalue weighted by molar-refractivity contribution is -0.298. The van der Waals surface area contributed by atoms with Gasteiger partial charge in [-0.25, -0.2) is 4.79 Å². The first kappa shape index (κ1) is 39.1. The fraction of sp³-hybridized carbons (Fsp3) is 0.441. The van der Waals surface area contributed by atoms with Crippen LogP contribution >= 0.6 is 0 Å². The third-order valence-corrected chi connectivity index (χ3v) is 7.36. The van der Waals surface area contributed by atoms with Gasteiger partial charge in [0.05, 0.1) is 32.5 Å². The highest BCUT2D eigenvalue weighted by Crippen LogP contribution is 2.34. The molecule has 2 amide bonds. The van der Waals surface area contributed by atoms with E-state index in [1.54, 1.807) is 12.1 Å². The van der Waals surface area contributed by atoms with Crippen molar-refractivity contribution in [1.82, 2.24) is 10.6 Å². The monoisotopic (exact) mass is 700 g/mol. The highest BCUT2D eigenvalue weighted by Gasteiger charge is 2.57. The van der Waals surface area contributed by atoms with Crippen LogP contribution in [0.4, 0.5) is 0 Å². The number of ether oxygens (including phenoxy) is 6. The molecule has 2 aromatic rings. The lowest BCUT2D eigenvalue weighted by Gasteiger charge is -2.47. The van der Waals surface area contributed by atoms with Gasteiger partial charge >= 0.3 is 29.8 Å². The number of aliphatic hydroxyl groups is 1. The zero-order chi connectivity index (χ0) is 37.0. The SMILES string of the molecule is COC(=O)[C@@]1(O)C[C@H](OC(C)=O)[C@@H](NC(=O)COC(C)=O)[C@H]([C@H](OC(C)=O)[C@@H](CNC(=O)Cc2ccc(-c3ccccc3)cc2)OC(C)=O)O1. The Labute approximate surface area is 287 Å². The molecule has 0 aromatic heterocycles. The van der Waals surface area contributed by atoms with Crippen LogP contribution in [0.3, 0.4) is 0 Å². The van der Waals surface area contributed by atoms with E-state index in [2.05, 4.69) is 15.4 Å². The van der Waals surface area contributed by atoms with E-state index < -0.39 is 97.5 Å². The molecule has 1 saturated heterocycles. The number of methoxy groups -OCH3 is 1. The smallest absolute Gasteiger partial charge is 0.366 e. The third-order valence-electron chi connectivity index (χ3n) is 7.36.